The van der Waals surface area contributed by atoms with Crippen molar-refractivity contribution >= 4 is 44.7 Å². The predicted molar refractivity (Wildman–Crippen MR) is 118 cm³/mol. The van der Waals surface area contributed by atoms with E-state index in [2.05, 4.69) is 15.6 Å². The number of nitrogens with zero attached hydrogens (tertiary/aromatic N) is 2. The summed E-state index contributed by atoms with van der Waals surface area (Å²) >= 11 is 0. The van der Waals surface area contributed by atoms with Crippen molar-refractivity contribution < 1.29 is 21.6 Å². The van der Waals surface area contributed by atoms with Crippen LogP contribution in [0.2, 0.25) is 0 Å². The van der Waals surface area contributed by atoms with E-state index in [-0.39, 0.29) is 23.0 Å². The van der Waals surface area contributed by atoms with Crippen molar-refractivity contribution in [3.63, 3.8) is 0 Å². The van der Waals surface area contributed by atoms with Gasteiger partial charge in [0.2, 0.25) is 0 Å². The third kappa shape index (κ3) is 4.16. The average molecular weight is 483 g/mol. The lowest BCUT2D eigenvalue weighted by molar-refractivity contribution is 0.449. The van der Waals surface area contributed by atoms with Crippen molar-refractivity contribution in [3.05, 3.63) is 84.1 Å². The number of anilines is 2. The SMILES string of the molecule is CNCc1cn(S(=O)(=O)c2cccnc2)c2cc(Nc3ccc(F)c(F)c3F)ccc12.Cl. The second-order valence-corrected chi connectivity index (χ2v) is 8.57. The first kappa shape index (κ1) is 23.6. The molecule has 0 aliphatic heterocycles. The standard InChI is InChI=1S/C21H17F3N4O2S.ClH/c1-25-10-13-12-28(31(29,30)15-3-2-8-26-11-15)19-9-14(4-5-16(13)19)27-18-7-6-17(22)20(23)21(18)24;/h2-9,11-12,25,27H,10H2,1H3;1H. The van der Waals surface area contributed by atoms with Gasteiger partial charge in [-0.2, -0.15) is 0 Å². The number of aromatic nitrogens is 2. The number of rotatable bonds is 6. The third-order valence-corrected chi connectivity index (χ3v) is 6.38. The molecule has 0 saturated carbocycles. The lowest BCUT2D eigenvalue weighted by Crippen LogP contribution is -2.12. The van der Waals surface area contributed by atoms with Gasteiger partial charge in [-0.1, -0.05) is 6.07 Å². The second-order valence-electron chi connectivity index (χ2n) is 6.75. The van der Waals surface area contributed by atoms with Crippen LogP contribution >= 0.6 is 12.4 Å². The maximum Gasteiger partial charge on any atom is 0.269 e. The lowest BCUT2D eigenvalue weighted by Gasteiger charge is -2.11. The summed E-state index contributed by atoms with van der Waals surface area (Å²) in [6.45, 7) is 0.413. The van der Waals surface area contributed by atoms with Crippen LogP contribution in [-0.4, -0.2) is 24.4 Å². The summed E-state index contributed by atoms with van der Waals surface area (Å²) < 4.78 is 68.4. The third-order valence-electron chi connectivity index (χ3n) is 4.73. The molecule has 32 heavy (non-hydrogen) atoms. The highest BCUT2D eigenvalue weighted by Crippen LogP contribution is 2.30. The van der Waals surface area contributed by atoms with Crippen molar-refractivity contribution in [3.8, 4) is 0 Å². The molecule has 168 valence electrons. The van der Waals surface area contributed by atoms with Crippen molar-refractivity contribution in [2.75, 3.05) is 12.4 Å². The summed E-state index contributed by atoms with van der Waals surface area (Å²) in [5.74, 6) is -4.26. The van der Waals surface area contributed by atoms with E-state index in [9.17, 15) is 21.6 Å². The minimum Gasteiger partial charge on any atom is -0.353 e. The van der Waals surface area contributed by atoms with Crippen LogP contribution in [0.5, 0.6) is 0 Å². The minimum atomic E-state index is -3.96. The molecule has 0 atom stereocenters. The summed E-state index contributed by atoms with van der Waals surface area (Å²) in [6, 6.07) is 9.61. The molecule has 2 heterocycles. The highest BCUT2D eigenvalue weighted by Gasteiger charge is 2.22. The summed E-state index contributed by atoms with van der Waals surface area (Å²) in [7, 11) is -2.22. The Morgan fingerprint density at radius 2 is 1.84 bits per heavy atom. The normalized spacial score (nSPS) is 11.4. The highest BCUT2D eigenvalue weighted by molar-refractivity contribution is 7.90. The van der Waals surface area contributed by atoms with Crippen LogP contribution in [0, 0.1) is 17.5 Å². The second kappa shape index (κ2) is 9.19. The van der Waals surface area contributed by atoms with Gasteiger partial charge in [0.15, 0.2) is 17.5 Å². The monoisotopic (exact) mass is 482 g/mol. The molecule has 0 fully saturated rings. The minimum absolute atomic E-state index is 0. The largest absolute Gasteiger partial charge is 0.353 e. The molecule has 4 aromatic rings. The molecule has 11 heteroatoms. The van der Waals surface area contributed by atoms with E-state index in [0.29, 0.717) is 23.1 Å². The number of fused-ring (bicyclic) bond motifs is 1. The summed E-state index contributed by atoms with van der Waals surface area (Å²) in [5, 5.41) is 6.33. The summed E-state index contributed by atoms with van der Waals surface area (Å²) in [4.78, 5) is 3.88. The van der Waals surface area contributed by atoms with Gasteiger partial charge >= 0.3 is 0 Å². The molecule has 0 radical (unpaired) electrons. The topological polar surface area (TPSA) is 76.0 Å². The van der Waals surface area contributed by atoms with Crippen molar-refractivity contribution in [1.82, 2.24) is 14.3 Å². The van der Waals surface area contributed by atoms with Crippen LogP contribution in [0.4, 0.5) is 24.5 Å². The van der Waals surface area contributed by atoms with Crippen LogP contribution in [0.3, 0.4) is 0 Å². The number of hydrogen-bond donors (Lipinski definition) is 2. The van der Waals surface area contributed by atoms with Gasteiger partial charge in [-0.3, -0.25) is 4.98 Å². The molecule has 6 nitrogen and oxygen atoms in total. The van der Waals surface area contributed by atoms with Crippen LogP contribution < -0.4 is 10.6 Å². The van der Waals surface area contributed by atoms with E-state index in [1.807, 2.05) is 0 Å². The van der Waals surface area contributed by atoms with E-state index < -0.39 is 27.5 Å². The van der Waals surface area contributed by atoms with Crippen molar-refractivity contribution in [2.24, 2.45) is 0 Å². The zero-order valence-electron chi connectivity index (χ0n) is 16.6. The van der Waals surface area contributed by atoms with E-state index in [1.165, 1.54) is 36.8 Å². The van der Waals surface area contributed by atoms with Crippen LogP contribution in [-0.2, 0) is 16.6 Å². The molecule has 4 rings (SSSR count). The van der Waals surface area contributed by atoms with E-state index >= 15 is 0 Å². The number of benzene rings is 2. The summed E-state index contributed by atoms with van der Waals surface area (Å²) in [6.07, 6.45) is 4.22. The molecular weight excluding hydrogens is 465 g/mol. The highest BCUT2D eigenvalue weighted by atomic mass is 35.5. The Kier molecular flexibility index (Phi) is 6.77. The molecule has 0 saturated heterocycles. The Morgan fingerprint density at radius 1 is 1.06 bits per heavy atom. The maximum absolute atomic E-state index is 14.1. The molecule has 0 bridgehead atoms. The number of halogens is 4. The fraction of sp³-hybridized carbons (Fsp3) is 0.0952. The van der Waals surface area contributed by atoms with Gasteiger partial charge in [0.25, 0.3) is 10.0 Å². The maximum atomic E-state index is 14.1. The lowest BCUT2D eigenvalue weighted by atomic mass is 10.1. The predicted octanol–water partition coefficient (Wildman–Crippen LogP) is 4.58. The number of nitrogens with one attached hydrogen (secondary N) is 2. The molecule has 0 spiro atoms. The van der Waals surface area contributed by atoms with Crippen LogP contribution in [0.15, 0.2) is 66.0 Å². The Balaban J connectivity index is 0.00000289. The molecule has 0 aliphatic rings. The molecule has 2 N–H and O–H groups in total. The van der Waals surface area contributed by atoms with Gasteiger partial charge in [0, 0.05) is 36.2 Å². The molecule has 0 amide bonds. The Hall–Kier alpha value is -3.08. The molecule has 0 unspecified atom stereocenters. The van der Waals surface area contributed by atoms with E-state index in [0.717, 1.165) is 21.7 Å². The number of hydrogen-bond acceptors (Lipinski definition) is 5. The van der Waals surface area contributed by atoms with Crippen molar-refractivity contribution in [1.29, 1.82) is 0 Å². The first-order valence-corrected chi connectivity index (χ1v) is 10.6. The Morgan fingerprint density at radius 3 is 2.53 bits per heavy atom. The van der Waals surface area contributed by atoms with E-state index in [4.69, 9.17) is 0 Å². The molecule has 0 aliphatic carbocycles. The first-order valence-electron chi connectivity index (χ1n) is 9.17. The van der Waals surface area contributed by atoms with Crippen LogP contribution in [0.1, 0.15) is 5.56 Å². The van der Waals surface area contributed by atoms with Crippen molar-refractivity contribution in [2.45, 2.75) is 11.4 Å². The number of pyridine rings is 1. The first-order chi connectivity index (χ1) is 14.8. The van der Waals surface area contributed by atoms with E-state index in [1.54, 1.807) is 19.2 Å². The fourth-order valence-corrected chi connectivity index (χ4v) is 4.61. The smallest absolute Gasteiger partial charge is 0.269 e. The van der Waals surface area contributed by atoms with Gasteiger partial charge in [0.1, 0.15) is 4.90 Å². The molecule has 2 aromatic carbocycles. The average Bonchev–Trinajstić information content (AvgIpc) is 3.13. The van der Waals surface area contributed by atoms with Gasteiger partial charge in [0.05, 0.1) is 11.2 Å². The zero-order valence-corrected chi connectivity index (χ0v) is 18.3. The van der Waals surface area contributed by atoms with Gasteiger partial charge in [-0.05, 0) is 49.0 Å². The fourth-order valence-electron chi connectivity index (χ4n) is 3.27. The molecular formula is C21H18ClF3N4O2S. The Labute approximate surface area is 188 Å². The Bertz CT molecular complexity index is 1380. The zero-order chi connectivity index (χ0) is 22.2. The quantitative estimate of drug-likeness (QED) is 0.394. The van der Waals surface area contributed by atoms with Gasteiger partial charge in [-0.15, -0.1) is 12.4 Å². The molecule has 2 aromatic heterocycles. The summed E-state index contributed by atoms with van der Waals surface area (Å²) in [5.41, 5.74) is 1.09. The van der Waals surface area contributed by atoms with Crippen LogP contribution in [0.25, 0.3) is 10.9 Å². The van der Waals surface area contributed by atoms with Gasteiger partial charge < -0.3 is 10.6 Å². The van der Waals surface area contributed by atoms with Gasteiger partial charge in [-0.25, -0.2) is 25.6 Å².